The summed E-state index contributed by atoms with van der Waals surface area (Å²) in [5.41, 5.74) is 3.70. The summed E-state index contributed by atoms with van der Waals surface area (Å²) < 4.78 is 5.33. The Hall–Kier alpha value is -1.31. The van der Waals surface area contributed by atoms with Crippen LogP contribution in [-0.4, -0.2) is 5.97 Å². The first-order chi connectivity index (χ1) is 6.77. The molecular weight excluding hydrogens is 176 g/mol. The molecule has 4 rings (SSSR count). The number of esters is 1. The highest BCUT2D eigenvalue weighted by molar-refractivity contribution is 5.82. The van der Waals surface area contributed by atoms with Gasteiger partial charge in [0.05, 0.1) is 5.92 Å². The van der Waals surface area contributed by atoms with Gasteiger partial charge in [0.15, 0.2) is 0 Å². The smallest absolute Gasteiger partial charge is 0.314 e. The number of ether oxygens (including phenoxy) is 1. The van der Waals surface area contributed by atoms with Gasteiger partial charge in [0, 0.05) is 0 Å². The number of carbonyl (C=O) groups excluding carboxylic acids is 1. The van der Waals surface area contributed by atoms with Crippen molar-refractivity contribution in [1.29, 1.82) is 0 Å². The van der Waals surface area contributed by atoms with Crippen molar-refractivity contribution in [3.63, 3.8) is 0 Å². The minimum atomic E-state index is -0.0250. The third kappa shape index (κ3) is 0.884. The molecule has 1 aliphatic carbocycles. The minimum Gasteiger partial charge on any atom is -0.457 e. The van der Waals surface area contributed by atoms with Crippen LogP contribution >= 0.6 is 0 Å². The molecule has 1 saturated heterocycles. The Balaban J connectivity index is 2.26. The van der Waals surface area contributed by atoms with Crippen LogP contribution in [0.5, 0.6) is 0 Å². The van der Waals surface area contributed by atoms with Crippen molar-refractivity contribution in [1.82, 2.24) is 0 Å². The summed E-state index contributed by atoms with van der Waals surface area (Å²) in [6.07, 6.45) is 1.98. The standard InChI is InChI=1S/C12H12O2/c1-7-3-2-4-8-10-6-5-9(11(7)8)12(13)14-10/h2-4,9-10H,5-6H2,1H3. The molecule has 1 aromatic carbocycles. The molecule has 0 radical (unpaired) electrons. The molecule has 2 atom stereocenters. The summed E-state index contributed by atoms with van der Waals surface area (Å²) in [5.74, 6) is -0.0146. The molecule has 2 aliphatic heterocycles. The zero-order chi connectivity index (χ0) is 9.71. The Kier molecular flexibility index (Phi) is 1.49. The van der Waals surface area contributed by atoms with E-state index in [4.69, 9.17) is 4.74 Å². The van der Waals surface area contributed by atoms with E-state index in [0.29, 0.717) is 0 Å². The van der Waals surface area contributed by atoms with E-state index in [1.807, 2.05) is 6.07 Å². The van der Waals surface area contributed by atoms with E-state index in [1.165, 1.54) is 16.7 Å². The van der Waals surface area contributed by atoms with E-state index in [9.17, 15) is 4.79 Å². The Morgan fingerprint density at radius 1 is 1.36 bits per heavy atom. The van der Waals surface area contributed by atoms with E-state index in [-0.39, 0.29) is 18.0 Å². The van der Waals surface area contributed by atoms with Crippen molar-refractivity contribution in [3.8, 4) is 0 Å². The van der Waals surface area contributed by atoms with Crippen LogP contribution in [0.4, 0.5) is 0 Å². The summed E-state index contributed by atoms with van der Waals surface area (Å²) in [6, 6.07) is 6.21. The fraction of sp³-hybridized carbons (Fsp3) is 0.417. The van der Waals surface area contributed by atoms with Crippen LogP contribution in [0.3, 0.4) is 0 Å². The van der Waals surface area contributed by atoms with Crippen LogP contribution in [0.2, 0.25) is 0 Å². The molecule has 0 amide bonds. The highest BCUT2D eigenvalue weighted by Gasteiger charge is 2.40. The molecule has 2 heteroatoms. The Bertz CT molecular complexity index is 409. The second-order valence-electron chi connectivity index (χ2n) is 4.13. The normalized spacial score (nSPS) is 28.5. The first-order valence-electron chi connectivity index (χ1n) is 5.07. The third-order valence-electron chi connectivity index (χ3n) is 3.31. The van der Waals surface area contributed by atoms with Crippen molar-refractivity contribution < 1.29 is 9.53 Å². The summed E-state index contributed by atoms with van der Waals surface area (Å²) in [5, 5.41) is 0. The largest absolute Gasteiger partial charge is 0.457 e. The fourth-order valence-corrected chi connectivity index (χ4v) is 2.66. The monoisotopic (exact) mass is 188 g/mol. The SMILES string of the molecule is Cc1cccc2c1C1CCC2OC1=O. The van der Waals surface area contributed by atoms with Gasteiger partial charge in [-0.1, -0.05) is 18.2 Å². The predicted octanol–water partition coefficient (Wildman–Crippen LogP) is 2.47. The van der Waals surface area contributed by atoms with Crippen LogP contribution in [0, 0.1) is 6.92 Å². The lowest BCUT2D eigenvalue weighted by atomic mass is 9.76. The summed E-state index contributed by atoms with van der Waals surface area (Å²) >= 11 is 0. The Morgan fingerprint density at radius 2 is 2.21 bits per heavy atom. The number of carbonyl (C=O) groups is 1. The van der Waals surface area contributed by atoms with Gasteiger partial charge in [0.1, 0.15) is 6.10 Å². The molecule has 2 nitrogen and oxygen atoms in total. The van der Waals surface area contributed by atoms with Crippen molar-refractivity contribution in [3.05, 3.63) is 34.9 Å². The molecule has 2 heterocycles. The second kappa shape index (κ2) is 2.59. The van der Waals surface area contributed by atoms with Gasteiger partial charge in [-0.2, -0.15) is 0 Å². The van der Waals surface area contributed by atoms with Crippen LogP contribution < -0.4 is 0 Å². The number of hydrogen-bond donors (Lipinski definition) is 0. The van der Waals surface area contributed by atoms with Gasteiger partial charge in [-0.3, -0.25) is 4.79 Å². The van der Waals surface area contributed by atoms with Gasteiger partial charge in [0.25, 0.3) is 0 Å². The van der Waals surface area contributed by atoms with E-state index in [1.54, 1.807) is 0 Å². The molecular formula is C12H12O2. The van der Waals surface area contributed by atoms with E-state index < -0.39 is 0 Å². The summed E-state index contributed by atoms with van der Waals surface area (Å²) in [6.45, 7) is 2.08. The number of fused-ring (bicyclic) bond motifs is 2. The van der Waals surface area contributed by atoms with Crippen molar-refractivity contribution in [2.45, 2.75) is 31.8 Å². The third-order valence-corrected chi connectivity index (χ3v) is 3.31. The van der Waals surface area contributed by atoms with Crippen molar-refractivity contribution in [2.75, 3.05) is 0 Å². The maximum Gasteiger partial charge on any atom is 0.314 e. The van der Waals surface area contributed by atoms with Gasteiger partial charge in [-0.15, -0.1) is 0 Å². The topological polar surface area (TPSA) is 26.3 Å². The van der Waals surface area contributed by atoms with Gasteiger partial charge < -0.3 is 4.74 Å². The van der Waals surface area contributed by atoms with Gasteiger partial charge >= 0.3 is 5.97 Å². The molecule has 1 fully saturated rings. The van der Waals surface area contributed by atoms with E-state index in [2.05, 4.69) is 19.1 Å². The Labute approximate surface area is 82.9 Å². The number of rotatable bonds is 0. The highest BCUT2D eigenvalue weighted by Crippen LogP contribution is 2.46. The minimum absolute atomic E-state index is 0.0104. The number of aryl methyl sites for hydroxylation is 1. The van der Waals surface area contributed by atoms with Crippen molar-refractivity contribution in [2.24, 2.45) is 0 Å². The molecule has 14 heavy (non-hydrogen) atoms. The molecule has 1 aromatic rings. The van der Waals surface area contributed by atoms with Crippen LogP contribution in [0.1, 0.15) is 41.6 Å². The van der Waals surface area contributed by atoms with E-state index in [0.717, 1.165) is 12.8 Å². The first-order valence-corrected chi connectivity index (χ1v) is 5.07. The lowest BCUT2D eigenvalue weighted by molar-refractivity contribution is -0.159. The lowest BCUT2D eigenvalue weighted by Gasteiger charge is -2.37. The van der Waals surface area contributed by atoms with Gasteiger partial charge in [0.2, 0.25) is 0 Å². The summed E-state index contributed by atoms with van der Waals surface area (Å²) in [7, 11) is 0. The average molecular weight is 188 g/mol. The van der Waals surface area contributed by atoms with Crippen molar-refractivity contribution >= 4 is 5.97 Å². The van der Waals surface area contributed by atoms with Crippen LogP contribution in [0.25, 0.3) is 0 Å². The van der Waals surface area contributed by atoms with Gasteiger partial charge in [-0.25, -0.2) is 0 Å². The molecule has 0 aromatic heterocycles. The fourth-order valence-electron chi connectivity index (χ4n) is 2.66. The van der Waals surface area contributed by atoms with E-state index >= 15 is 0 Å². The average Bonchev–Trinajstić information content (AvgIpc) is 2.19. The molecule has 3 aliphatic rings. The zero-order valence-electron chi connectivity index (χ0n) is 8.12. The number of hydrogen-bond acceptors (Lipinski definition) is 2. The summed E-state index contributed by atoms with van der Waals surface area (Å²) in [4.78, 5) is 11.5. The molecule has 0 spiro atoms. The Morgan fingerprint density at radius 3 is 3.00 bits per heavy atom. The van der Waals surface area contributed by atoms with Gasteiger partial charge in [-0.05, 0) is 36.5 Å². The number of benzene rings is 1. The molecule has 2 bridgehead atoms. The predicted molar refractivity (Wildman–Crippen MR) is 52.0 cm³/mol. The molecule has 72 valence electrons. The maximum absolute atomic E-state index is 11.5. The molecule has 2 unspecified atom stereocenters. The maximum atomic E-state index is 11.5. The first kappa shape index (κ1) is 8.04. The highest BCUT2D eigenvalue weighted by atomic mass is 16.5. The molecule has 0 saturated carbocycles. The zero-order valence-corrected chi connectivity index (χ0v) is 8.12. The molecule has 0 N–H and O–H groups in total. The second-order valence-corrected chi connectivity index (χ2v) is 4.13. The lowest BCUT2D eigenvalue weighted by Crippen LogP contribution is -2.32. The van der Waals surface area contributed by atoms with Crippen LogP contribution in [-0.2, 0) is 9.53 Å². The van der Waals surface area contributed by atoms with Crippen LogP contribution in [0.15, 0.2) is 18.2 Å². The quantitative estimate of drug-likeness (QED) is 0.584.